The Morgan fingerprint density at radius 3 is 1.58 bits per heavy atom. The number of phenols is 16. The molecule has 342 valence electrons. The standard InChI is InChI=1S/C44H34O22/c45-16-9-21(48)31-29(10-16)63-40(14-5-25(52)36(58)26(53)6-14)42(66-44(62)17-1-2-19(46)38(60)34(17)56)33(31)32-22(49)12-20(47)18-11-30(64-43(61)15-7-27(54)37(59)28(55)8-15)39(65-41(18)32)13-3-23(50)35(57)24(51)4-13/h1-10,12,30,33,39-40,42,45-60H,11H2/t30-,33+,39-,40+,42-/m0/s1. The van der Waals surface area contributed by atoms with Crippen molar-refractivity contribution in [2.45, 2.75) is 36.8 Å². The van der Waals surface area contributed by atoms with Crippen LogP contribution < -0.4 is 9.47 Å². The van der Waals surface area contributed by atoms with Crippen LogP contribution in [0, 0.1) is 0 Å². The van der Waals surface area contributed by atoms with Gasteiger partial charge in [-0.1, -0.05) is 0 Å². The summed E-state index contributed by atoms with van der Waals surface area (Å²) in [6, 6.07) is 9.22. The Kier molecular flexibility index (Phi) is 10.4. The lowest BCUT2D eigenvalue weighted by Crippen LogP contribution is -2.40. The number of fused-ring (bicyclic) bond motifs is 2. The van der Waals surface area contributed by atoms with Gasteiger partial charge in [0.25, 0.3) is 0 Å². The van der Waals surface area contributed by atoms with Crippen LogP contribution in [-0.2, 0) is 15.9 Å². The van der Waals surface area contributed by atoms with Crippen LogP contribution in [0.2, 0.25) is 0 Å². The molecule has 0 unspecified atom stereocenters. The molecular formula is C44H34O22. The van der Waals surface area contributed by atoms with Crippen molar-refractivity contribution < 1.29 is 110 Å². The molecule has 0 saturated carbocycles. The Hall–Kier alpha value is -9.34. The second kappa shape index (κ2) is 15.8. The number of hydrogen-bond acceptors (Lipinski definition) is 22. The molecule has 0 aliphatic carbocycles. The lowest BCUT2D eigenvalue weighted by atomic mass is 9.77. The van der Waals surface area contributed by atoms with Gasteiger partial charge in [0.1, 0.15) is 46.2 Å². The van der Waals surface area contributed by atoms with Gasteiger partial charge in [0.05, 0.1) is 11.5 Å². The molecule has 6 aromatic carbocycles. The van der Waals surface area contributed by atoms with Crippen molar-refractivity contribution in [3.8, 4) is 103 Å². The van der Waals surface area contributed by atoms with Crippen LogP contribution >= 0.6 is 0 Å². The molecule has 8 rings (SSSR count). The molecule has 2 aliphatic rings. The van der Waals surface area contributed by atoms with Crippen molar-refractivity contribution in [1.82, 2.24) is 0 Å². The average Bonchev–Trinajstić information content (AvgIpc) is 3.25. The smallest absolute Gasteiger partial charge is 0.342 e. The van der Waals surface area contributed by atoms with Crippen molar-refractivity contribution in [1.29, 1.82) is 0 Å². The van der Waals surface area contributed by atoms with Gasteiger partial charge in [-0.15, -0.1) is 0 Å². The summed E-state index contributed by atoms with van der Waals surface area (Å²) in [5.41, 5.74) is -3.04. The van der Waals surface area contributed by atoms with Crippen LogP contribution in [0.15, 0.2) is 66.7 Å². The highest BCUT2D eigenvalue weighted by Gasteiger charge is 2.50. The first-order valence-electron chi connectivity index (χ1n) is 19.0. The van der Waals surface area contributed by atoms with Crippen LogP contribution in [0.25, 0.3) is 0 Å². The quantitative estimate of drug-likeness (QED) is 0.0780. The molecule has 2 heterocycles. The fraction of sp³-hybridized carbons (Fsp3) is 0.136. The summed E-state index contributed by atoms with van der Waals surface area (Å²) >= 11 is 0. The van der Waals surface area contributed by atoms with E-state index in [-0.39, 0.29) is 16.7 Å². The zero-order valence-electron chi connectivity index (χ0n) is 33.0. The van der Waals surface area contributed by atoms with Crippen molar-refractivity contribution in [2.75, 3.05) is 0 Å². The van der Waals surface area contributed by atoms with Gasteiger partial charge in [0, 0.05) is 52.4 Å². The van der Waals surface area contributed by atoms with E-state index in [9.17, 15) is 91.3 Å². The number of ether oxygens (including phenoxy) is 4. The van der Waals surface area contributed by atoms with E-state index in [2.05, 4.69) is 0 Å². The van der Waals surface area contributed by atoms with Gasteiger partial charge in [-0.2, -0.15) is 0 Å². The highest BCUT2D eigenvalue weighted by Crippen LogP contribution is 2.59. The van der Waals surface area contributed by atoms with E-state index < -0.39 is 174 Å². The second-order valence-corrected chi connectivity index (χ2v) is 15.1. The van der Waals surface area contributed by atoms with Gasteiger partial charge in [-0.05, 0) is 48.5 Å². The third-order valence-corrected chi connectivity index (χ3v) is 11.0. The van der Waals surface area contributed by atoms with E-state index in [1.807, 2.05) is 0 Å². The van der Waals surface area contributed by atoms with E-state index in [1.165, 1.54) is 0 Å². The average molecular weight is 915 g/mol. The Morgan fingerprint density at radius 2 is 1.00 bits per heavy atom. The van der Waals surface area contributed by atoms with Crippen molar-refractivity contribution in [3.05, 3.63) is 106 Å². The second-order valence-electron chi connectivity index (χ2n) is 15.1. The Balaban J connectivity index is 1.37. The molecule has 22 heteroatoms. The van der Waals surface area contributed by atoms with Crippen LogP contribution in [0.5, 0.6) is 103 Å². The molecule has 2 aliphatic heterocycles. The number of rotatable bonds is 7. The summed E-state index contributed by atoms with van der Waals surface area (Å²) in [5.74, 6) is -20.3. The molecule has 0 bridgehead atoms. The largest absolute Gasteiger partial charge is 0.508 e. The van der Waals surface area contributed by atoms with E-state index in [1.54, 1.807) is 0 Å². The SMILES string of the molecule is O=C(O[C@H]1Cc2c(O)cc(O)c([C@H]3c4c(O)cc(O)cc4O[C@H](c4cc(O)c(O)c(O)c4)[C@H]3OC(=O)c3ccc(O)c(O)c3O)c2O[C@H]1c1cc(O)c(O)c(O)c1)c1cc(O)c(O)c(O)c1. The third kappa shape index (κ3) is 7.22. The zero-order valence-corrected chi connectivity index (χ0v) is 33.0. The maximum Gasteiger partial charge on any atom is 0.342 e. The van der Waals surface area contributed by atoms with Crippen molar-refractivity contribution in [3.63, 3.8) is 0 Å². The molecule has 16 N–H and O–H groups in total. The zero-order chi connectivity index (χ0) is 47.8. The molecule has 0 amide bonds. The van der Waals surface area contributed by atoms with Crippen LogP contribution in [0.3, 0.4) is 0 Å². The normalized spacial score (nSPS) is 18.5. The number of aromatic hydroxyl groups is 16. The molecule has 0 spiro atoms. The molecule has 66 heavy (non-hydrogen) atoms. The maximum absolute atomic E-state index is 14.1. The van der Waals surface area contributed by atoms with Gasteiger partial charge in [-0.3, -0.25) is 0 Å². The lowest BCUT2D eigenvalue weighted by Gasteiger charge is -2.42. The summed E-state index contributed by atoms with van der Waals surface area (Å²) < 4.78 is 24.3. The van der Waals surface area contributed by atoms with Crippen molar-refractivity contribution in [2.24, 2.45) is 0 Å². The van der Waals surface area contributed by atoms with Gasteiger partial charge in [0.2, 0.25) is 5.75 Å². The molecule has 0 fully saturated rings. The van der Waals surface area contributed by atoms with Crippen molar-refractivity contribution >= 4 is 11.9 Å². The monoisotopic (exact) mass is 914 g/mol. The fourth-order valence-corrected chi connectivity index (χ4v) is 7.89. The number of phenolic OH excluding ortho intramolecular Hbond substituents is 16. The predicted octanol–water partition coefficient (Wildman–Crippen LogP) is 4.37. The minimum atomic E-state index is -2.03. The first-order valence-corrected chi connectivity index (χ1v) is 19.0. The number of esters is 2. The Morgan fingerprint density at radius 1 is 0.470 bits per heavy atom. The fourth-order valence-electron chi connectivity index (χ4n) is 7.89. The summed E-state index contributed by atoms with van der Waals surface area (Å²) in [4.78, 5) is 27.7. The topological polar surface area (TPSA) is 395 Å². The minimum Gasteiger partial charge on any atom is -0.508 e. The number of carbonyl (C=O) groups is 2. The number of benzene rings is 6. The molecular weight excluding hydrogens is 880 g/mol. The van der Waals surface area contributed by atoms with E-state index in [4.69, 9.17) is 18.9 Å². The van der Waals surface area contributed by atoms with E-state index in [0.717, 1.165) is 66.7 Å². The Labute approximate surface area is 367 Å². The lowest BCUT2D eigenvalue weighted by molar-refractivity contribution is -0.0304. The van der Waals surface area contributed by atoms with Crippen LogP contribution in [-0.4, -0.2) is 106 Å². The summed E-state index contributed by atoms with van der Waals surface area (Å²) in [6.45, 7) is 0. The highest BCUT2D eigenvalue weighted by atomic mass is 16.6. The first-order chi connectivity index (χ1) is 31.1. The van der Waals surface area contributed by atoms with Gasteiger partial charge < -0.3 is 101 Å². The molecule has 6 aromatic rings. The van der Waals surface area contributed by atoms with Gasteiger partial charge in [0.15, 0.2) is 81.6 Å². The van der Waals surface area contributed by atoms with E-state index in [0.29, 0.717) is 0 Å². The molecule has 0 saturated heterocycles. The van der Waals surface area contributed by atoms with Gasteiger partial charge >= 0.3 is 11.9 Å². The summed E-state index contributed by atoms with van der Waals surface area (Å²) in [5, 5.41) is 169. The van der Waals surface area contributed by atoms with Crippen LogP contribution in [0.1, 0.15) is 66.7 Å². The maximum atomic E-state index is 14.1. The minimum absolute atomic E-state index is 0.255. The Bertz CT molecular complexity index is 2950. The highest BCUT2D eigenvalue weighted by molar-refractivity contribution is 5.94. The third-order valence-electron chi connectivity index (χ3n) is 11.0. The van der Waals surface area contributed by atoms with E-state index >= 15 is 0 Å². The van der Waals surface area contributed by atoms with Crippen LogP contribution in [0.4, 0.5) is 0 Å². The molecule has 0 aromatic heterocycles. The number of hydrogen-bond donors (Lipinski definition) is 16. The predicted molar refractivity (Wildman–Crippen MR) is 216 cm³/mol. The number of carbonyl (C=O) groups excluding carboxylic acids is 2. The first kappa shape index (κ1) is 43.3. The molecule has 22 nitrogen and oxygen atoms in total. The summed E-state index contributed by atoms with van der Waals surface area (Å²) in [7, 11) is 0. The summed E-state index contributed by atoms with van der Waals surface area (Å²) in [6.07, 6.45) is -7.87. The molecule has 5 atom stereocenters. The molecule has 0 radical (unpaired) electrons. The van der Waals surface area contributed by atoms with Gasteiger partial charge in [-0.25, -0.2) is 9.59 Å².